The van der Waals surface area contributed by atoms with Gasteiger partial charge in [0.1, 0.15) is 12.1 Å². The van der Waals surface area contributed by atoms with Crippen LogP contribution in [0.25, 0.3) is 0 Å². The number of nitrogens with zero attached hydrogens (tertiary/aromatic N) is 3. The topological polar surface area (TPSA) is 102 Å². The molecule has 0 saturated heterocycles. The molecule has 0 aliphatic rings. The maximum absolute atomic E-state index is 11.7. The quantitative estimate of drug-likeness (QED) is 0.490. The van der Waals surface area contributed by atoms with E-state index in [0.717, 1.165) is 16.8 Å². The summed E-state index contributed by atoms with van der Waals surface area (Å²) in [5, 5.41) is 17.7. The summed E-state index contributed by atoms with van der Waals surface area (Å²) in [5.74, 6) is 0.843. The molecule has 2 aromatic carbocycles. The van der Waals surface area contributed by atoms with Crippen LogP contribution in [0.2, 0.25) is 0 Å². The van der Waals surface area contributed by atoms with Gasteiger partial charge in [0.05, 0.1) is 12.0 Å². The summed E-state index contributed by atoms with van der Waals surface area (Å²) in [7, 11) is 1.55. The Labute approximate surface area is 156 Å². The van der Waals surface area contributed by atoms with Crippen molar-refractivity contribution in [3.8, 4) is 5.75 Å². The smallest absolute Gasteiger partial charge is 0.353 e. The summed E-state index contributed by atoms with van der Waals surface area (Å²) in [4.78, 5) is 19.3. The van der Waals surface area contributed by atoms with Gasteiger partial charge in [-0.25, -0.2) is 9.97 Å². The van der Waals surface area contributed by atoms with Crippen molar-refractivity contribution in [2.24, 2.45) is 0 Å². The van der Waals surface area contributed by atoms with Gasteiger partial charge in [0.2, 0.25) is 11.6 Å². The van der Waals surface area contributed by atoms with Gasteiger partial charge in [0, 0.05) is 17.4 Å². The molecule has 0 bridgehead atoms. The molecule has 0 unspecified atom stereocenters. The van der Waals surface area contributed by atoms with Crippen molar-refractivity contribution in [1.29, 1.82) is 0 Å². The maximum Gasteiger partial charge on any atom is 0.353 e. The lowest BCUT2D eigenvalue weighted by Crippen LogP contribution is -2.06. The van der Waals surface area contributed by atoms with Gasteiger partial charge >= 0.3 is 5.69 Å². The zero-order valence-corrected chi connectivity index (χ0v) is 15.2. The molecule has 0 amide bonds. The summed E-state index contributed by atoms with van der Waals surface area (Å²) in [5.41, 5.74) is 3.21. The molecule has 2 N–H and O–H groups in total. The minimum Gasteiger partial charge on any atom is -0.497 e. The largest absolute Gasteiger partial charge is 0.497 e. The lowest BCUT2D eigenvalue weighted by Gasteiger charge is -2.13. The molecule has 27 heavy (non-hydrogen) atoms. The predicted octanol–water partition coefficient (Wildman–Crippen LogP) is 4.50. The Morgan fingerprint density at radius 3 is 2.44 bits per heavy atom. The Hall–Kier alpha value is -3.68. The van der Waals surface area contributed by atoms with E-state index in [1.807, 2.05) is 32.0 Å². The van der Waals surface area contributed by atoms with Crippen LogP contribution >= 0.6 is 0 Å². The lowest BCUT2D eigenvalue weighted by atomic mass is 10.1. The molecule has 3 rings (SSSR count). The summed E-state index contributed by atoms with van der Waals surface area (Å²) < 4.78 is 5.18. The highest BCUT2D eigenvalue weighted by Crippen LogP contribution is 2.34. The Kier molecular flexibility index (Phi) is 5.16. The van der Waals surface area contributed by atoms with E-state index >= 15 is 0 Å². The first-order valence-corrected chi connectivity index (χ1v) is 8.23. The minimum atomic E-state index is -0.504. The van der Waals surface area contributed by atoms with Gasteiger partial charge in [-0.3, -0.25) is 10.1 Å². The number of nitrogens with one attached hydrogen (secondary N) is 2. The number of benzene rings is 2. The van der Waals surface area contributed by atoms with Crippen molar-refractivity contribution in [1.82, 2.24) is 9.97 Å². The number of aromatic nitrogens is 2. The van der Waals surface area contributed by atoms with Gasteiger partial charge in [-0.2, -0.15) is 0 Å². The molecule has 0 aliphatic heterocycles. The van der Waals surface area contributed by atoms with Gasteiger partial charge in [0.15, 0.2) is 0 Å². The first-order chi connectivity index (χ1) is 13.0. The molecule has 0 spiro atoms. The van der Waals surface area contributed by atoms with Crippen LogP contribution in [0, 0.1) is 24.0 Å². The minimum absolute atomic E-state index is 0.0936. The zero-order chi connectivity index (χ0) is 19.4. The van der Waals surface area contributed by atoms with Crippen molar-refractivity contribution in [2.45, 2.75) is 13.8 Å². The SMILES string of the molecule is COc1cccc(Nc2ncnc(Nc3cccc(C)c3C)c2[N+](=O)[O-])c1. The second kappa shape index (κ2) is 7.69. The zero-order valence-electron chi connectivity index (χ0n) is 15.2. The summed E-state index contributed by atoms with van der Waals surface area (Å²) in [6, 6.07) is 12.8. The van der Waals surface area contributed by atoms with Crippen LogP contribution in [-0.2, 0) is 0 Å². The van der Waals surface area contributed by atoms with Gasteiger partial charge in [-0.05, 0) is 43.2 Å². The Morgan fingerprint density at radius 2 is 1.74 bits per heavy atom. The summed E-state index contributed by atoms with van der Waals surface area (Å²) >= 11 is 0. The molecule has 8 nitrogen and oxygen atoms in total. The van der Waals surface area contributed by atoms with E-state index in [2.05, 4.69) is 20.6 Å². The molecule has 0 radical (unpaired) electrons. The fourth-order valence-corrected chi connectivity index (χ4v) is 2.59. The third kappa shape index (κ3) is 3.95. The molecule has 138 valence electrons. The average Bonchev–Trinajstić information content (AvgIpc) is 2.65. The van der Waals surface area contributed by atoms with E-state index in [1.54, 1.807) is 31.4 Å². The highest BCUT2D eigenvalue weighted by Gasteiger charge is 2.24. The van der Waals surface area contributed by atoms with Gasteiger partial charge in [-0.1, -0.05) is 18.2 Å². The molecular formula is C19H19N5O3. The first-order valence-electron chi connectivity index (χ1n) is 8.23. The van der Waals surface area contributed by atoms with Crippen molar-refractivity contribution < 1.29 is 9.66 Å². The molecule has 0 saturated carbocycles. The van der Waals surface area contributed by atoms with Crippen molar-refractivity contribution in [3.05, 3.63) is 70.0 Å². The lowest BCUT2D eigenvalue weighted by molar-refractivity contribution is -0.383. The number of hydrogen-bond acceptors (Lipinski definition) is 7. The van der Waals surface area contributed by atoms with Gasteiger partial charge in [0.25, 0.3) is 0 Å². The van der Waals surface area contributed by atoms with Crippen molar-refractivity contribution in [3.63, 3.8) is 0 Å². The molecule has 0 aliphatic carbocycles. The molecule has 3 aromatic rings. The summed E-state index contributed by atoms with van der Waals surface area (Å²) in [6.45, 7) is 3.92. The van der Waals surface area contributed by atoms with Gasteiger partial charge < -0.3 is 15.4 Å². The molecule has 0 atom stereocenters. The second-order valence-corrected chi connectivity index (χ2v) is 5.91. The number of anilines is 4. The fourth-order valence-electron chi connectivity index (χ4n) is 2.59. The molecule has 8 heteroatoms. The number of hydrogen-bond donors (Lipinski definition) is 2. The van der Waals surface area contributed by atoms with Crippen LogP contribution in [0.15, 0.2) is 48.8 Å². The van der Waals surface area contributed by atoms with Gasteiger partial charge in [-0.15, -0.1) is 0 Å². The average molecular weight is 365 g/mol. The van der Waals surface area contributed by atoms with Crippen LogP contribution in [-0.4, -0.2) is 22.0 Å². The number of nitro groups is 1. The van der Waals surface area contributed by atoms with Crippen molar-refractivity contribution >= 4 is 28.7 Å². The fraction of sp³-hybridized carbons (Fsp3) is 0.158. The van der Waals surface area contributed by atoms with Crippen LogP contribution in [0.1, 0.15) is 11.1 Å². The van der Waals surface area contributed by atoms with Crippen LogP contribution in [0.5, 0.6) is 5.75 Å². The van der Waals surface area contributed by atoms with E-state index < -0.39 is 4.92 Å². The highest BCUT2D eigenvalue weighted by molar-refractivity contribution is 5.77. The Morgan fingerprint density at radius 1 is 1.04 bits per heavy atom. The number of aryl methyl sites for hydroxylation is 1. The standard InChI is InChI=1S/C19H19N5O3/c1-12-6-4-9-16(13(12)2)23-19-17(24(25)26)18(20-11-21-19)22-14-7-5-8-15(10-14)27-3/h4-11H,1-3H3,(H2,20,21,22,23). The highest BCUT2D eigenvalue weighted by atomic mass is 16.6. The summed E-state index contributed by atoms with van der Waals surface area (Å²) in [6.07, 6.45) is 1.28. The Bertz CT molecular complexity index is 991. The van der Waals surface area contributed by atoms with Crippen LogP contribution in [0.3, 0.4) is 0 Å². The first kappa shape index (κ1) is 18.1. The van der Waals surface area contributed by atoms with E-state index in [0.29, 0.717) is 11.4 Å². The predicted molar refractivity (Wildman–Crippen MR) is 104 cm³/mol. The van der Waals surface area contributed by atoms with Crippen molar-refractivity contribution in [2.75, 3.05) is 17.7 Å². The maximum atomic E-state index is 11.7. The number of methoxy groups -OCH3 is 1. The number of ether oxygens (including phenoxy) is 1. The van der Waals surface area contributed by atoms with Crippen LogP contribution < -0.4 is 15.4 Å². The molecule has 1 aromatic heterocycles. The molecular weight excluding hydrogens is 346 g/mol. The van der Waals surface area contributed by atoms with E-state index in [9.17, 15) is 10.1 Å². The molecule has 1 heterocycles. The number of rotatable bonds is 6. The normalized spacial score (nSPS) is 10.3. The third-order valence-corrected chi connectivity index (χ3v) is 4.20. The van der Waals surface area contributed by atoms with Crippen LogP contribution in [0.4, 0.5) is 28.7 Å². The molecule has 0 fully saturated rings. The van der Waals surface area contributed by atoms with E-state index in [1.165, 1.54) is 6.33 Å². The van der Waals surface area contributed by atoms with E-state index in [-0.39, 0.29) is 17.3 Å². The monoisotopic (exact) mass is 365 g/mol. The Balaban J connectivity index is 1.99. The third-order valence-electron chi connectivity index (χ3n) is 4.20. The van der Waals surface area contributed by atoms with E-state index in [4.69, 9.17) is 4.74 Å². The second-order valence-electron chi connectivity index (χ2n) is 5.91.